The monoisotopic (exact) mass is 400 g/mol. The average Bonchev–Trinajstić information content (AvgIpc) is 3.38. The number of nitrogens with one attached hydrogen (secondary N) is 1. The summed E-state index contributed by atoms with van der Waals surface area (Å²) in [6.45, 7) is 0.0496. The van der Waals surface area contributed by atoms with Crippen molar-refractivity contribution in [3.63, 3.8) is 0 Å². The van der Waals surface area contributed by atoms with Crippen LogP contribution in [0.15, 0.2) is 57.4 Å². The van der Waals surface area contributed by atoms with Crippen LogP contribution >= 0.6 is 11.3 Å². The van der Waals surface area contributed by atoms with E-state index in [0.717, 1.165) is 0 Å². The molecule has 0 saturated heterocycles. The standard InChI is InChI=1S/C19H16N2O6S/c1-25-16-9-12(10-20-21-18(22)17-3-2-8-28-17)4-6-14(16)26-11-13-5-7-15(27-13)19(23)24/h2-10H,11H2,1H3,(H,21,22)(H,23,24). The summed E-state index contributed by atoms with van der Waals surface area (Å²) in [5.41, 5.74) is 3.15. The molecule has 0 bridgehead atoms. The van der Waals surface area contributed by atoms with E-state index in [2.05, 4.69) is 10.5 Å². The van der Waals surface area contributed by atoms with Crippen molar-refractivity contribution in [3.05, 3.63) is 69.8 Å². The fourth-order valence-electron chi connectivity index (χ4n) is 2.23. The third-order valence-electron chi connectivity index (χ3n) is 3.55. The van der Waals surface area contributed by atoms with Crippen molar-refractivity contribution in [1.29, 1.82) is 0 Å². The minimum Gasteiger partial charge on any atom is -0.493 e. The van der Waals surface area contributed by atoms with Crippen molar-refractivity contribution in [2.45, 2.75) is 6.61 Å². The van der Waals surface area contributed by atoms with Gasteiger partial charge in [-0.05, 0) is 47.3 Å². The first kappa shape index (κ1) is 19.2. The van der Waals surface area contributed by atoms with Crippen molar-refractivity contribution in [3.8, 4) is 11.5 Å². The maximum Gasteiger partial charge on any atom is 0.371 e. The molecule has 3 rings (SSSR count). The Kier molecular flexibility index (Phi) is 6.07. The van der Waals surface area contributed by atoms with Crippen LogP contribution in [0.1, 0.15) is 31.6 Å². The van der Waals surface area contributed by atoms with Gasteiger partial charge in [0.1, 0.15) is 12.4 Å². The van der Waals surface area contributed by atoms with Crippen LogP contribution in [0.5, 0.6) is 11.5 Å². The van der Waals surface area contributed by atoms with E-state index in [9.17, 15) is 9.59 Å². The number of carbonyl (C=O) groups excluding carboxylic acids is 1. The number of carbonyl (C=O) groups is 2. The Bertz CT molecular complexity index is 994. The number of aromatic carboxylic acids is 1. The van der Waals surface area contributed by atoms with Crippen molar-refractivity contribution in [1.82, 2.24) is 5.43 Å². The van der Waals surface area contributed by atoms with E-state index in [1.54, 1.807) is 30.3 Å². The van der Waals surface area contributed by atoms with Crippen molar-refractivity contribution in [2.24, 2.45) is 5.10 Å². The molecule has 0 aliphatic rings. The Morgan fingerprint density at radius 2 is 2.11 bits per heavy atom. The van der Waals surface area contributed by atoms with Crippen LogP contribution in [0, 0.1) is 0 Å². The largest absolute Gasteiger partial charge is 0.493 e. The molecule has 28 heavy (non-hydrogen) atoms. The first-order valence-corrected chi connectivity index (χ1v) is 8.94. The van der Waals surface area contributed by atoms with E-state index in [1.165, 1.54) is 36.8 Å². The zero-order valence-corrected chi connectivity index (χ0v) is 15.6. The molecule has 0 fully saturated rings. The number of hydrogen-bond donors (Lipinski definition) is 2. The number of carboxylic acid groups (broad SMARTS) is 1. The summed E-state index contributed by atoms with van der Waals surface area (Å²) < 4.78 is 16.1. The summed E-state index contributed by atoms with van der Waals surface area (Å²) >= 11 is 1.33. The second-order valence-corrected chi connectivity index (χ2v) is 6.39. The lowest BCUT2D eigenvalue weighted by Gasteiger charge is -2.10. The summed E-state index contributed by atoms with van der Waals surface area (Å²) in [7, 11) is 1.50. The van der Waals surface area contributed by atoms with Gasteiger partial charge in [0.25, 0.3) is 5.91 Å². The average molecular weight is 400 g/mol. The molecule has 8 nitrogen and oxygen atoms in total. The molecule has 2 N–H and O–H groups in total. The fraction of sp³-hybridized carbons (Fsp3) is 0.105. The topological polar surface area (TPSA) is 110 Å². The summed E-state index contributed by atoms with van der Waals surface area (Å²) in [5, 5.41) is 14.6. The molecule has 9 heteroatoms. The van der Waals surface area contributed by atoms with E-state index in [0.29, 0.717) is 27.7 Å². The van der Waals surface area contributed by atoms with Crippen LogP contribution in [0.4, 0.5) is 0 Å². The van der Waals surface area contributed by atoms with E-state index in [-0.39, 0.29) is 18.3 Å². The van der Waals surface area contributed by atoms with Gasteiger partial charge in [-0.1, -0.05) is 6.07 Å². The Hall–Kier alpha value is -3.59. The molecular weight excluding hydrogens is 384 g/mol. The van der Waals surface area contributed by atoms with Crippen LogP contribution in [0.25, 0.3) is 0 Å². The van der Waals surface area contributed by atoms with Gasteiger partial charge in [0.15, 0.2) is 11.5 Å². The summed E-state index contributed by atoms with van der Waals surface area (Å²) in [6.07, 6.45) is 1.49. The predicted octanol–water partition coefficient (Wildman–Crippen LogP) is 3.39. The Morgan fingerprint density at radius 1 is 1.25 bits per heavy atom. The summed E-state index contributed by atoms with van der Waals surface area (Å²) in [5.74, 6) is -0.284. The minimum absolute atomic E-state index is 0.0496. The van der Waals surface area contributed by atoms with E-state index >= 15 is 0 Å². The van der Waals surface area contributed by atoms with Gasteiger partial charge in [0, 0.05) is 0 Å². The smallest absolute Gasteiger partial charge is 0.371 e. The third kappa shape index (κ3) is 4.77. The van der Waals surface area contributed by atoms with Gasteiger partial charge < -0.3 is 19.0 Å². The van der Waals surface area contributed by atoms with Crippen LogP contribution in [-0.2, 0) is 6.61 Å². The highest BCUT2D eigenvalue weighted by Gasteiger charge is 2.11. The molecule has 2 heterocycles. The fourth-order valence-corrected chi connectivity index (χ4v) is 2.84. The molecule has 1 amide bonds. The summed E-state index contributed by atoms with van der Waals surface area (Å²) in [4.78, 5) is 23.2. The highest BCUT2D eigenvalue weighted by Crippen LogP contribution is 2.28. The van der Waals surface area contributed by atoms with Crippen LogP contribution < -0.4 is 14.9 Å². The number of rotatable bonds is 8. The van der Waals surface area contributed by atoms with Gasteiger partial charge in [-0.25, -0.2) is 10.2 Å². The SMILES string of the molecule is COc1cc(C=NNC(=O)c2cccs2)ccc1OCc1ccc(C(=O)O)o1. The maximum absolute atomic E-state index is 11.8. The Labute approximate surface area is 164 Å². The van der Waals surface area contributed by atoms with Gasteiger partial charge in [0.2, 0.25) is 5.76 Å². The zero-order chi connectivity index (χ0) is 19.9. The van der Waals surface area contributed by atoms with E-state index in [1.807, 2.05) is 5.38 Å². The number of ether oxygens (including phenoxy) is 2. The Balaban J connectivity index is 1.61. The van der Waals surface area contributed by atoms with Crippen LogP contribution in [0.3, 0.4) is 0 Å². The van der Waals surface area contributed by atoms with Gasteiger partial charge in [-0.2, -0.15) is 5.10 Å². The van der Waals surface area contributed by atoms with Crippen LogP contribution in [0.2, 0.25) is 0 Å². The lowest BCUT2D eigenvalue weighted by atomic mass is 10.2. The van der Waals surface area contributed by atoms with E-state index < -0.39 is 5.97 Å². The highest BCUT2D eigenvalue weighted by atomic mass is 32.1. The quantitative estimate of drug-likeness (QED) is 0.443. The summed E-state index contributed by atoms with van der Waals surface area (Å²) in [6, 6.07) is 11.5. The molecule has 3 aromatic rings. The Morgan fingerprint density at radius 3 is 2.79 bits per heavy atom. The van der Waals surface area contributed by atoms with Crippen molar-refractivity contribution >= 4 is 29.4 Å². The first-order chi connectivity index (χ1) is 13.6. The lowest BCUT2D eigenvalue weighted by molar-refractivity contribution is 0.0658. The normalized spacial score (nSPS) is 10.8. The molecule has 0 unspecified atom stereocenters. The molecule has 1 aromatic carbocycles. The second-order valence-electron chi connectivity index (χ2n) is 5.45. The van der Waals surface area contributed by atoms with Gasteiger partial charge in [-0.3, -0.25) is 4.79 Å². The molecule has 0 atom stereocenters. The van der Waals surface area contributed by atoms with E-state index in [4.69, 9.17) is 19.0 Å². The lowest BCUT2D eigenvalue weighted by Crippen LogP contribution is -2.16. The van der Waals surface area contributed by atoms with Crippen molar-refractivity contribution in [2.75, 3.05) is 7.11 Å². The highest BCUT2D eigenvalue weighted by molar-refractivity contribution is 7.12. The predicted molar refractivity (Wildman–Crippen MR) is 102 cm³/mol. The number of furan rings is 1. The van der Waals surface area contributed by atoms with Crippen molar-refractivity contribution < 1.29 is 28.6 Å². The molecule has 0 spiro atoms. The van der Waals surface area contributed by atoms with Gasteiger partial charge in [0.05, 0.1) is 18.2 Å². The van der Waals surface area contributed by atoms with Gasteiger partial charge >= 0.3 is 5.97 Å². The van der Waals surface area contributed by atoms with Gasteiger partial charge in [-0.15, -0.1) is 11.3 Å². The van der Waals surface area contributed by atoms with Crippen LogP contribution in [-0.4, -0.2) is 30.3 Å². The maximum atomic E-state index is 11.8. The number of thiophene rings is 1. The first-order valence-electron chi connectivity index (χ1n) is 8.06. The molecule has 0 aliphatic carbocycles. The molecule has 2 aromatic heterocycles. The molecule has 0 saturated carbocycles. The third-order valence-corrected chi connectivity index (χ3v) is 4.42. The molecule has 0 aliphatic heterocycles. The minimum atomic E-state index is -1.14. The molecule has 144 valence electrons. The number of amides is 1. The number of methoxy groups -OCH3 is 1. The molecule has 0 radical (unpaired) electrons. The molecular formula is C19H16N2O6S. The number of carboxylic acids is 1. The number of benzene rings is 1. The number of hydrogen-bond acceptors (Lipinski definition) is 7. The number of nitrogens with zero attached hydrogens (tertiary/aromatic N) is 1. The second kappa shape index (κ2) is 8.87. The zero-order valence-electron chi connectivity index (χ0n) is 14.7. The number of hydrazone groups is 1.